The zero-order chi connectivity index (χ0) is 23.4. The topological polar surface area (TPSA) is 78.7 Å². The van der Waals surface area contributed by atoms with Gasteiger partial charge in [-0.2, -0.15) is 24.5 Å². The zero-order valence-electron chi connectivity index (χ0n) is 17.8. The van der Waals surface area contributed by atoms with Crippen molar-refractivity contribution >= 4 is 23.2 Å². The second-order valence-corrected chi connectivity index (χ2v) is 9.12. The molecule has 0 atom stereocenters. The Labute approximate surface area is 188 Å². The highest BCUT2D eigenvalue weighted by molar-refractivity contribution is 7.08. The molecule has 176 valence electrons. The van der Waals surface area contributed by atoms with E-state index in [4.69, 9.17) is 9.90 Å². The summed E-state index contributed by atoms with van der Waals surface area (Å²) < 4.78 is 33.8. The summed E-state index contributed by atoms with van der Waals surface area (Å²) in [5.74, 6) is -1.40. The van der Waals surface area contributed by atoms with Crippen LogP contribution >= 0.6 is 11.3 Å². The largest absolute Gasteiger partial charge is 0.490 e. The Morgan fingerprint density at radius 3 is 2.22 bits per heavy atom. The Morgan fingerprint density at radius 2 is 1.75 bits per heavy atom. The lowest BCUT2D eigenvalue weighted by molar-refractivity contribution is -0.192. The minimum Gasteiger partial charge on any atom is -0.475 e. The molecule has 4 heterocycles. The molecular formula is C21H27F3N4O3S. The van der Waals surface area contributed by atoms with Gasteiger partial charge in [0.1, 0.15) is 5.82 Å². The molecule has 0 saturated carbocycles. The number of hydrogen-bond donors (Lipinski definition) is 1. The number of carboxylic acid groups (broad SMARTS) is 1. The number of imidazole rings is 1. The van der Waals surface area contributed by atoms with Gasteiger partial charge in [0.2, 0.25) is 0 Å². The fourth-order valence-corrected chi connectivity index (χ4v) is 4.82. The van der Waals surface area contributed by atoms with E-state index in [-0.39, 0.29) is 5.91 Å². The SMILES string of the molecule is Cn1ccnc1CN1CCC2(CC1)CCN(C(=O)c1ccsc1)CC2.O=C(O)C(F)(F)F. The summed E-state index contributed by atoms with van der Waals surface area (Å²) >= 11 is 1.60. The molecule has 2 aliphatic heterocycles. The first-order chi connectivity index (χ1) is 15.1. The van der Waals surface area contributed by atoms with Crippen LogP contribution in [0.25, 0.3) is 0 Å². The van der Waals surface area contributed by atoms with Crippen molar-refractivity contribution in [2.24, 2.45) is 12.5 Å². The number of thiophene rings is 1. The normalized spacial score (nSPS) is 18.8. The number of amides is 1. The quantitative estimate of drug-likeness (QED) is 0.738. The standard InChI is InChI=1S/C19H26N4OS.C2HF3O2/c1-21-12-7-20-17(21)14-22-8-3-19(4-9-22)5-10-23(11-6-19)18(24)16-2-13-25-15-16;3-2(4,5)1(6)7/h2,7,12-13,15H,3-6,8-11,14H2,1H3;(H,6,7). The maximum atomic E-state index is 12.5. The Balaban J connectivity index is 0.000000360. The van der Waals surface area contributed by atoms with Crippen molar-refractivity contribution in [3.05, 3.63) is 40.6 Å². The summed E-state index contributed by atoms with van der Waals surface area (Å²) in [6.45, 7) is 5.06. The molecule has 1 spiro atoms. The van der Waals surface area contributed by atoms with E-state index < -0.39 is 12.1 Å². The molecule has 2 fully saturated rings. The molecule has 4 rings (SSSR count). The van der Waals surface area contributed by atoms with Crippen LogP contribution in [0.15, 0.2) is 29.2 Å². The van der Waals surface area contributed by atoms with E-state index in [2.05, 4.69) is 21.5 Å². The molecule has 2 aromatic heterocycles. The van der Waals surface area contributed by atoms with E-state index in [1.165, 1.54) is 12.8 Å². The minimum atomic E-state index is -5.08. The Morgan fingerprint density at radius 1 is 1.16 bits per heavy atom. The van der Waals surface area contributed by atoms with Gasteiger partial charge in [-0.25, -0.2) is 9.78 Å². The van der Waals surface area contributed by atoms with Crippen LogP contribution in [0.1, 0.15) is 41.9 Å². The van der Waals surface area contributed by atoms with Gasteiger partial charge in [0.15, 0.2) is 0 Å². The summed E-state index contributed by atoms with van der Waals surface area (Å²) in [5, 5.41) is 11.1. The molecule has 32 heavy (non-hydrogen) atoms. The Bertz CT molecular complexity index is 896. The highest BCUT2D eigenvalue weighted by atomic mass is 32.1. The maximum absolute atomic E-state index is 12.5. The van der Waals surface area contributed by atoms with Gasteiger partial charge in [-0.15, -0.1) is 0 Å². The van der Waals surface area contributed by atoms with Crippen LogP contribution in [0.5, 0.6) is 0 Å². The van der Waals surface area contributed by atoms with E-state index in [0.29, 0.717) is 5.41 Å². The number of rotatable bonds is 3. The number of halogens is 3. The first kappa shape index (κ1) is 24.2. The fourth-order valence-electron chi connectivity index (χ4n) is 4.19. The summed E-state index contributed by atoms with van der Waals surface area (Å²) in [5.41, 5.74) is 1.30. The molecule has 0 aromatic carbocycles. The predicted molar refractivity (Wildman–Crippen MR) is 113 cm³/mol. The lowest BCUT2D eigenvalue weighted by Crippen LogP contribution is -2.48. The molecule has 0 aliphatic carbocycles. The van der Waals surface area contributed by atoms with Crippen molar-refractivity contribution < 1.29 is 27.9 Å². The van der Waals surface area contributed by atoms with Gasteiger partial charge in [-0.05, 0) is 55.6 Å². The van der Waals surface area contributed by atoms with E-state index in [1.807, 2.05) is 34.1 Å². The number of nitrogens with zero attached hydrogens (tertiary/aromatic N) is 4. The number of aromatic nitrogens is 2. The van der Waals surface area contributed by atoms with E-state index >= 15 is 0 Å². The summed E-state index contributed by atoms with van der Waals surface area (Å²) in [7, 11) is 2.06. The number of aliphatic carboxylic acids is 1. The summed E-state index contributed by atoms with van der Waals surface area (Å²) in [4.78, 5) is 30.4. The molecule has 1 N–H and O–H groups in total. The van der Waals surface area contributed by atoms with Crippen LogP contribution in [0.2, 0.25) is 0 Å². The van der Waals surface area contributed by atoms with E-state index in [1.54, 1.807) is 11.3 Å². The Hall–Kier alpha value is -2.40. The van der Waals surface area contributed by atoms with Crippen molar-refractivity contribution in [3.8, 4) is 0 Å². The molecule has 2 saturated heterocycles. The average molecular weight is 473 g/mol. The molecule has 11 heteroatoms. The third kappa shape index (κ3) is 6.10. The lowest BCUT2D eigenvalue weighted by Gasteiger charge is -2.46. The number of hydrogen-bond acceptors (Lipinski definition) is 5. The number of piperidine rings is 2. The van der Waals surface area contributed by atoms with Gasteiger partial charge >= 0.3 is 12.1 Å². The number of carbonyl (C=O) groups excluding carboxylic acids is 1. The average Bonchev–Trinajstić information content (AvgIpc) is 3.42. The Kier molecular flexibility index (Phi) is 7.60. The monoisotopic (exact) mass is 472 g/mol. The van der Waals surface area contributed by atoms with Gasteiger partial charge in [0.25, 0.3) is 5.91 Å². The van der Waals surface area contributed by atoms with Gasteiger partial charge in [-0.3, -0.25) is 9.69 Å². The first-order valence-corrected chi connectivity index (χ1v) is 11.3. The van der Waals surface area contributed by atoms with Crippen molar-refractivity contribution in [3.63, 3.8) is 0 Å². The number of alkyl halides is 3. The molecule has 0 bridgehead atoms. The first-order valence-electron chi connectivity index (χ1n) is 10.4. The predicted octanol–water partition coefficient (Wildman–Crippen LogP) is 3.63. The van der Waals surface area contributed by atoms with Crippen LogP contribution in [-0.2, 0) is 18.4 Å². The van der Waals surface area contributed by atoms with Crippen molar-refractivity contribution in [2.75, 3.05) is 26.2 Å². The highest BCUT2D eigenvalue weighted by Gasteiger charge is 2.39. The van der Waals surface area contributed by atoms with Crippen LogP contribution < -0.4 is 0 Å². The molecular weight excluding hydrogens is 445 g/mol. The number of carboxylic acids is 1. The number of carbonyl (C=O) groups is 2. The van der Waals surface area contributed by atoms with Gasteiger partial charge in [0.05, 0.1) is 12.1 Å². The van der Waals surface area contributed by atoms with Crippen molar-refractivity contribution in [2.45, 2.75) is 38.4 Å². The highest BCUT2D eigenvalue weighted by Crippen LogP contribution is 2.41. The lowest BCUT2D eigenvalue weighted by atomic mass is 9.71. The van der Waals surface area contributed by atoms with Crippen molar-refractivity contribution in [1.29, 1.82) is 0 Å². The van der Waals surface area contributed by atoms with Gasteiger partial charge in [0, 0.05) is 37.9 Å². The maximum Gasteiger partial charge on any atom is 0.490 e. The molecule has 1 amide bonds. The summed E-state index contributed by atoms with van der Waals surface area (Å²) in [6, 6.07) is 1.94. The molecule has 2 aromatic rings. The zero-order valence-corrected chi connectivity index (χ0v) is 18.7. The van der Waals surface area contributed by atoms with E-state index in [0.717, 1.165) is 57.0 Å². The van der Waals surface area contributed by atoms with Crippen LogP contribution in [0, 0.1) is 5.41 Å². The van der Waals surface area contributed by atoms with Crippen LogP contribution in [0.4, 0.5) is 13.2 Å². The molecule has 7 nitrogen and oxygen atoms in total. The third-order valence-electron chi connectivity index (χ3n) is 6.32. The fraction of sp³-hybridized carbons (Fsp3) is 0.571. The molecule has 0 unspecified atom stereocenters. The van der Waals surface area contributed by atoms with Gasteiger partial charge < -0.3 is 14.6 Å². The minimum absolute atomic E-state index is 0.211. The molecule has 2 aliphatic rings. The number of likely N-dealkylation sites (tertiary alicyclic amines) is 2. The van der Waals surface area contributed by atoms with Crippen LogP contribution in [-0.4, -0.2) is 68.7 Å². The molecule has 0 radical (unpaired) electrons. The summed E-state index contributed by atoms with van der Waals surface area (Å²) in [6.07, 6.45) is 3.61. The van der Waals surface area contributed by atoms with Gasteiger partial charge in [-0.1, -0.05) is 0 Å². The number of aryl methyl sites for hydroxylation is 1. The third-order valence-corrected chi connectivity index (χ3v) is 7.01. The second-order valence-electron chi connectivity index (χ2n) is 8.34. The van der Waals surface area contributed by atoms with Crippen molar-refractivity contribution in [1.82, 2.24) is 19.4 Å². The smallest absolute Gasteiger partial charge is 0.475 e. The van der Waals surface area contributed by atoms with Crippen LogP contribution in [0.3, 0.4) is 0 Å². The second kappa shape index (κ2) is 10.0. The van der Waals surface area contributed by atoms with E-state index in [9.17, 15) is 18.0 Å².